The number of hydrogen-bond acceptors (Lipinski definition) is 2. The number of nitrogens with one attached hydrogen (secondary N) is 1. The first-order valence-corrected chi connectivity index (χ1v) is 5.87. The molecule has 0 radical (unpaired) electrons. The highest BCUT2D eigenvalue weighted by atomic mass is 32.1. The summed E-state index contributed by atoms with van der Waals surface area (Å²) in [4.78, 5) is 7.35. The quantitative estimate of drug-likeness (QED) is 0.818. The lowest BCUT2D eigenvalue weighted by atomic mass is 10.1. The number of nitrogens with zero attached hydrogens (tertiary/aromatic N) is 1. The van der Waals surface area contributed by atoms with Gasteiger partial charge >= 0.3 is 0 Å². The van der Waals surface area contributed by atoms with Crippen LogP contribution in [0.25, 0.3) is 11.3 Å². The van der Waals surface area contributed by atoms with Crippen LogP contribution in [0.15, 0.2) is 24.3 Å². The molecule has 0 atom stereocenters. The first-order chi connectivity index (χ1) is 8.08. The fourth-order valence-corrected chi connectivity index (χ4v) is 1.95. The number of H-pyrrole nitrogens is 1. The first kappa shape index (κ1) is 11.9. The van der Waals surface area contributed by atoms with E-state index in [2.05, 4.69) is 9.97 Å². The summed E-state index contributed by atoms with van der Waals surface area (Å²) in [5, 5.41) is 0. The Bertz CT molecular complexity index is 584. The summed E-state index contributed by atoms with van der Waals surface area (Å²) in [6.45, 7) is 3.86. The molecule has 0 saturated carbocycles. The Morgan fingerprint density at radius 3 is 2.71 bits per heavy atom. The van der Waals surface area contributed by atoms with Crippen molar-refractivity contribution in [3.63, 3.8) is 0 Å². The van der Waals surface area contributed by atoms with Crippen molar-refractivity contribution in [2.45, 2.75) is 20.3 Å². The first-order valence-electron chi connectivity index (χ1n) is 5.46. The Hall–Kier alpha value is -1.55. The van der Waals surface area contributed by atoms with Gasteiger partial charge in [-0.1, -0.05) is 19.1 Å². The summed E-state index contributed by atoms with van der Waals surface area (Å²) in [6.07, 6.45) is 0.770. The monoisotopic (exact) mass is 248 g/mol. The predicted molar refractivity (Wildman–Crippen MR) is 68.9 cm³/mol. The zero-order chi connectivity index (χ0) is 12.4. The third kappa shape index (κ3) is 2.77. The molecule has 17 heavy (non-hydrogen) atoms. The van der Waals surface area contributed by atoms with Crippen molar-refractivity contribution in [1.82, 2.24) is 9.97 Å². The fraction of sp³-hybridized carbons (Fsp3) is 0.231. The van der Waals surface area contributed by atoms with Crippen molar-refractivity contribution < 1.29 is 4.39 Å². The van der Waals surface area contributed by atoms with E-state index in [1.165, 1.54) is 12.1 Å². The number of rotatable bonds is 2. The van der Waals surface area contributed by atoms with Crippen LogP contribution in [0.2, 0.25) is 0 Å². The average Bonchev–Trinajstić information content (AvgIpc) is 2.26. The molecule has 0 bridgehead atoms. The van der Waals surface area contributed by atoms with Crippen molar-refractivity contribution in [2.24, 2.45) is 0 Å². The van der Waals surface area contributed by atoms with E-state index in [1.807, 2.05) is 19.9 Å². The number of aromatic nitrogens is 2. The van der Waals surface area contributed by atoms with E-state index < -0.39 is 0 Å². The van der Waals surface area contributed by atoms with Crippen molar-refractivity contribution in [2.75, 3.05) is 0 Å². The Labute approximate surface area is 105 Å². The molecule has 0 aliphatic rings. The molecule has 88 valence electrons. The van der Waals surface area contributed by atoms with E-state index in [0.29, 0.717) is 4.64 Å². The zero-order valence-corrected chi connectivity index (χ0v) is 10.6. The third-order valence-electron chi connectivity index (χ3n) is 2.48. The van der Waals surface area contributed by atoms with Gasteiger partial charge < -0.3 is 4.98 Å². The number of aromatic amines is 1. The lowest BCUT2D eigenvalue weighted by Crippen LogP contribution is -1.96. The minimum absolute atomic E-state index is 0.242. The Kier molecular flexibility index (Phi) is 3.33. The second-order valence-electron chi connectivity index (χ2n) is 3.95. The summed E-state index contributed by atoms with van der Waals surface area (Å²) < 4.78 is 13.9. The normalized spacial score (nSPS) is 10.5. The van der Waals surface area contributed by atoms with E-state index in [0.717, 1.165) is 29.1 Å². The molecular formula is C13H13FN2S. The molecule has 1 heterocycles. The van der Waals surface area contributed by atoms with Gasteiger partial charge in [-0.05, 0) is 36.8 Å². The van der Waals surface area contributed by atoms with Crippen LogP contribution in [-0.2, 0) is 6.42 Å². The van der Waals surface area contributed by atoms with Gasteiger partial charge in [-0.15, -0.1) is 0 Å². The molecule has 2 rings (SSSR count). The number of aryl methyl sites for hydroxylation is 2. The molecule has 1 aromatic heterocycles. The molecule has 0 aliphatic carbocycles. The summed E-state index contributed by atoms with van der Waals surface area (Å²) in [6, 6.07) is 6.67. The highest BCUT2D eigenvalue weighted by Gasteiger charge is 2.03. The summed E-state index contributed by atoms with van der Waals surface area (Å²) in [5.74, 6) is 0.573. The minimum Gasteiger partial charge on any atom is -0.343 e. The van der Waals surface area contributed by atoms with Gasteiger partial charge in [0, 0.05) is 17.7 Å². The van der Waals surface area contributed by atoms with E-state index in [1.54, 1.807) is 6.07 Å². The van der Waals surface area contributed by atoms with Gasteiger partial charge in [0.2, 0.25) is 0 Å². The Morgan fingerprint density at radius 2 is 2.06 bits per heavy atom. The van der Waals surface area contributed by atoms with Crippen molar-refractivity contribution in [3.8, 4) is 11.3 Å². The van der Waals surface area contributed by atoms with Gasteiger partial charge in [0.15, 0.2) is 0 Å². The molecule has 0 spiro atoms. The topological polar surface area (TPSA) is 28.7 Å². The Morgan fingerprint density at radius 1 is 1.29 bits per heavy atom. The maximum atomic E-state index is 13.3. The van der Waals surface area contributed by atoms with Gasteiger partial charge in [-0.3, -0.25) is 0 Å². The van der Waals surface area contributed by atoms with E-state index >= 15 is 0 Å². The standard InChI is InChI=1S/C13H13FN2S/c1-3-12-15-11(7-13(17)16-12)9-4-8(2)5-10(14)6-9/h4-7H,3H2,1-2H3,(H,15,16,17). The molecule has 0 fully saturated rings. The van der Waals surface area contributed by atoms with Gasteiger partial charge in [0.1, 0.15) is 16.3 Å². The average molecular weight is 248 g/mol. The maximum Gasteiger partial charge on any atom is 0.130 e. The van der Waals surface area contributed by atoms with Crippen LogP contribution in [-0.4, -0.2) is 9.97 Å². The summed E-state index contributed by atoms with van der Waals surface area (Å²) in [7, 11) is 0. The van der Waals surface area contributed by atoms with Crippen molar-refractivity contribution in [3.05, 3.63) is 46.1 Å². The highest BCUT2D eigenvalue weighted by molar-refractivity contribution is 7.71. The highest BCUT2D eigenvalue weighted by Crippen LogP contribution is 2.20. The van der Waals surface area contributed by atoms with E-state index in [-0.39, 0.29) is 5.82 Å². The SMILES string of the molecule is CCc1nc(=S)cc(-c2cc(C)cc(F)c2)[nH]1. The van der Waals surface area contributed by atoms with Gasteiger partial charge in [-0.2, -0.15) is 0 Å². The van der Waals surface area contributed by atoms with E-state index in [9.17, 15) is 4.39 Å². The Balaban J connectivity index is 2.59. The van der Waals surface area contributed by atoms with Crippen LogP contribution in [0, 0.1) is 17.4 Å². The van der Waals surface area contributed by atoms with Crippen LogP contribution in [0.4, 0.5) is 4.39 Å². The second-order valence-corrected chi connectivity index (χ2v) is 4.37. The van der Waals surface area contributed by atoms with Gasteiger partial charge in [0.25, 0.3) is 0 Å². The van der Waals surface area contributed by atoms with Crippen LogP contribution in [0.5, 0.6) is 0 Å². The number of benzene rings is 1. The number of halogens is 1. The van der Waals surface area contributed by atoms with Gasteiger partial charge in [-0.25, -0.2) is 9.37 Å². The van der Waals surface area contributed by atoms with Crippen LogP contribution >= 0.6 is 12.2 Å². The second kappa shape index (κ2) is 4.75. The van der Waals surface area contributed by atoms with Crippen LogP contribution in [0.1, 0.15) is 18.3 Å². The minimum atomic E-state index is -0.242. The molecule has 2 aromatic rings. The molecule has 0 amide bonds. The molecule has 0 aliphatic heterocycles. The molecule has 0 saturated heterocycles. The summed E-state index contributed by atoms with van der Waals surface area (Å²) in [5.41, 5.74) is 2.49. The van der Waals surface area contributed by atoms with Gasteiger partial charge in [0.05, 0.1) is 0 Å². The summed E-state index contributed by atoms with van der Waals surface area (Å²) >= 11 is 5.09. The molecule has 0 unspecified atom stereocenters. The fourth-order valence-electron chi connectivity index (χ4n) is 1.72. The predicted octanol–water partition coefficient (Wildman–Crippen LogP) is 3.82. The molecule has 1 aromatic carbocycles. The number of hydrogen-bond donors (Lipinski definition) is 1. The molecular weight excluding hydrogens is 235 g/mol. The van der Waals surface area contributed by atoms with Crippen molar-refractivity contribution >= 4 is 12.2 Å². The molecule has 2 nitrogen and oxygen atoms in total. The lowest BCUT2D eigenvalue weighted by molar-refractivity contribution is 0.627. The largest absolute Gasteiger partial charge is 0.343 e. The molecule has 4 heteroatoms. The van der Waals surface area contributed by atoms with Crippen molar-refractivity contribution in [1.29, 1.82) is 0 Å². The third-order valence-corrected chi connectivity index (χ3v) is 2.69. The molecule has 1 N–H and O–H groups in total. The lowest BCUT2D eigenvalue weighted by Gasteiger charge is -2.06. The smallest absolute Gasteiger partial charge is 0.130 e. The van der Waals surface area contributed by atoms with Crippen LogP contribution in [0.3, 0.4) is 0 Å². The maximum absolute atomic E-state index is 13.3. The van der Waals surface area contributed by atoms with Crippen LogP contribution < -0.4 is 0 Å². The zero-order valence-electron chi connectivity index (χ0n) is 9.75. The van der Waals surface area contributed by atoms with E-state index in [4.69, 9.17) is 12.2 Å².